The number of nitrogens with zero attached hydrogens (tertiary/aromatic N) is 1. The van der Waals surface area contributed by atoms with Gasteiger partial charge in [0.05, 0.1) is 11.1 Å². The van der Waals surface area contributed by atoms with E-state index in [2.05, 4.69) is 5.32 Å². The lowest BCUT2D eigenvalue weighted by Crippen LogP contribution is -2.23. The van der Waals surface area contributed by atoms with E-state index in [0.29, 0.717) is 12.2 Å². The molecule has 6 heteroatoms. The van der Waals surface area contributed by atoms with E-state index in [-0.39, 0.29) is 17.0 Å². The third kappa shape index (κ3) is 4.19. The highest BCUT2D eigenvalue weighted by atomic mass is 16.4. The summed E-state index contributed by atoms with van der Waals surface area (Å²) in [5.74, 6) is -1.71. The predicted octanol–water partition coefficient (Wildman–Crippen LogP) is 2.62. The normalized spacial score (nSPS) is 10.1. The molecule has 0 aliphatic carbocycles. The third-order valence-corrected chi connectivity index (χ3v) is 3.54. The predicted molar refractivity (Wildman–Crippen MR) is 89.9 cm³/mol. The first kappa shape index (κ1) is 17.2. The van der Waals surface area contributed by atoms with Gasteiger partial charge in [-0.3, -0.25) is 9.59 Å². The number of rotatable bonds is 5. The Labute approximate surface area is 139 Å². The van der Waals surface area contributed by atoms with Gasteiger partial charge in [0.15, 0.2) is 0 Å². The molecule has 0 fully saturated rings. The lowest BCUT2D eigenvalue weighted by molar-refractivity contribution is -0.128. The van der Waals surface area contributed by atoms with E-state index in [1.807, 2.05) is 6.07 Å². The van der Waals surface area contributed by atoms with Crippen LogP contribution in [0.1, 0.15) is 33.2 Å². The number of hydrogen-bond donors (Lipinski definition) is 2. The molecule has 2 N–H and O–H groups in total. The van der Waals surface area contributed by atoms with E-state index in [4.69, 9.17) is 5.11 Å². The molecule has 0 aromatic heterocycles. The molecular weight excluding hydrogens is 308 g/mol. The van der Waals surface area contributed by atoms with Crippen molar-refractivity contribution in [2.75, 3.05) is 12.4 Å². The van der Waals surface area contributed by atoms with E-state index >= 15 is 0 Å². The number of aromatic carboxylic acids is 1. The number of hydrogen-bond acceptors (Lipinski definition) is 3. The van der Waals surface area contributed by atoms with E-state index < -0.39 is 11.9 Å². The van der Waals surface area contributed by atoms with Gasteiger partial charge in [-0.05, 0) is 29.8 Å². The summed E-state index contributed by atoms with van der Waals surface area (Å²) in [6.07, 6.45) is 0. The largest absolute Gasteiger partial charge is 0.478 e. The van der Waals surface area contributed by atoms with E-state index in [1.165, 1.54) is 19.1 Å². The van der Waals surface area contributed by atoms with E-state index in [9.17, 15) is 14.4 Å². The molecule has 0 spiro atoms. The van der Waals surface area contributed by atoms with Gasteiger partial charge in [-0.1, -0.05) is 24.3 Å². The Balaban J connectivity index is 2.18. The van der Waals surface area contributed by atoms with Crippen molar-refractivity contribution >= 4 is 23.5 Å². The van der Waals surface area contributed by atoms with Crippen LogP contribution < -0.4 is 5.32 Å². The second-order valence-electron chi connectivity index (χ2n) is 5.38. The summed E-state index contributed by atoms with van der Waals surface area (Å²) >= 11 is 0. The maximum atomic E-state index is 12.3. The Bertz CT molecular complexity index is 786. The molecule has 2 aromatic carbocycles. The number of carboxylic acid groups (broad SMARTS) is 1. The second-order valence-corrected chi connectivity index (χ2v) is 5.38. The molecule has 24 heavy (non-hydrogen) atoms. The number of anilines is 1. The molecule has 2 amide bonds. The van der Waals surface area contributed by atoms with Crippen LogP contribution in [0.25, 0.3) is 0 Å². The summed E-state index contributed by atoms with van der Waals surface area (Å²) in [5.41, 5.74) is 1.44. The van der Waals surface area contributed by atoms with E-state index in [1.54, 1.807) is 42.3 Å². The topological polar surface area (TPSA) is 86.7 Å². The molecule has 0 aliphatic heterocycles. The smallest absolute Gasteiger partial charge is 0.336 e. The Hall–Kier alpha value is -3.15. The van der Waals surface area contributed by atoms with Crippen molar-refractivity contribution in [3.8, 4) is 0 Å². The standard InChI is InChI=1S/C18H18N2O4/c1-12(21)20(2)11-13-6-5-7-14(10-13)19-17(22)15-8-3-4-9-16(15)18(23)24/h3-10H,11H2,1-2H3,(H,19,22)(H,23,24). The van der Waals surface area contributed by atoms with Crippen molar-refractivity contribution in [3.05, 3.63) is 65.2 Å². The van der Waals surface area contributed by atoms with Crippen LogP contribution in [0, 0.1) is 0 Å². The van der Waals surface area contributed by atoms with Gasteiger partial charge < -0.3 is 15.3 Å². The highest BCUT2D eigenvalue weighted by Gasteiger charge is 2.16. The van der Waals surface area contributed by atoms with Gasteiger partial charge in [-0.15, -0.1) is 0 Å². The fraction of sp³-hybridized carbons (Fsp3) is 0.167. The summed E-state index contributed by atoms with van der Waals surface area (Å²) in [7, 11) is 1.69. The number of amides is 2. The van der Waals surface area contributed by atoms with Crippen LogP contribution in [-0.2, 0) is 11.3 Å². The number of benzene rings is 2. The van der Waals surface area contributed by atoms with Gasteiger partial charge >= 0.3 is 5.97 Å². The Kier molecular flexibility index (Phi) is 5.31. The van der Waals surface area contributed by atoms with Crippen LogP contribution in [0.4, 0.5) is 5.69 Å². The van der Waals surface area contributed by atoms with Crippen LogP contribution in [0.3, 0.4) is 0 Å². The van der Waals surface area contributed by atoms with Gasteiger partial charge in [-0.2, -0.15) is 0 Å². The fourth-order valence-corrected chi connectivity index (χ4v) is 2.20. The van der Waals surface area contributed by atoms with Crippen LogP contribution in [-0.4, -0.2) is 34.8 Å². The molecule has 0 aliphatic rings. The summed E-state index contributed by atoms with van der Waals surface area (Å²) in [6, 6.07) is 13.1. The Morgan fingerprint density at radius 1 is 1.04 bits per heavy atom. The zero-order valence-electron chi connectivity index (χ0n) is 13.4. The van der Waals surface area contributed by atoms with Gasteiger partial charge in [0.1, 0.15) is 0 Å². The first-order valence-corrected chi connectivity index (χ1v) is 7.33. The summed E-state index contributed by atoms with van der Waals surface area (Å²) in [5, 5.41) is 11.8. The monoisotopic (exact) mass is 326 g/mol. The third-order valence-electron chi connectivity index (χ3n) is 3.54. The molecule has 6 nitrogen and oxygen atoms in total. The van der Waals surface area contributed by atoms with Crippen LogP contribution >= 0.6 is 0 Å². The molecule has 0 unspecified atom stereocenters. The average molecular weight is 326 g/mol. The molecule has 0 heterocycles. The van der Waals surface area contributed by atoms with Crippen molar-refractivity contribution in [3.63, 3.8) is 0 Å². The molecule has 2 aromatic rings. The summed E-state index contributed by atoms with van der Waals surface area (Å²) < 4.78 is 0. The molecule has 0 atom stereocenters. The van der Waals surface area contributed by atoms with Gasteiger partial charge in [0.2, 0.25) is 5.91 Å². The molecule has 0 radical (unpaired) electrons. The average Bonchev–Trinajstić information content (AvgIpc) is 2.55. The van der Waals surface area contributed by atoms with Crippen LogP contribution in [0.5, 0.6) is 0 Å². The highest BCUT2D eigenvalue weighted by Crippen LogP contribution is 2.16. The first-order chi connectivity index (χ1) is 11.4. The number of carbonyl (C=O) groups excluding carboxylic acids is 2. The maximum Gasteiger partial charge on any atom is 0.336 e. The molecule has 2 rings (SSSR count). The zero-order chi connectivity index (χ0) is 17.7. The van der Waals surface area contributed by atoms with Gasteiger partial charge in [-0.25, -0.2) is 4.79 Å². The molecular formula is C18H18N2O4. The minimum absolute atomic E-state index is 0.0533. The minimum atomic E-state index is -1.16. The van der Waals surface area contributed by atoms with Gasteiger partial charge in [0.25, 0.3) is 5.91 Å². The molecule has 0 saturated carbocycles. The van der Waals surface area contributed by atoms with Crippen molar-refractivity contribution in [1.82, 2.24) is 4.90 Å². The highest BCUT2D eigenvalue weighted by molar-refractivity contribution is 6.10. The first-order valence-electron chi connectivity index (χ1n) is 7.33. The van der Waals surface area contributed by atoms with Crippen molar-refractivity contribution in [1.29, 1.82) is 0 Å². The van der Waals surface area contributed by atoms with E-state index in [0.717, 1.165) is 5.56 Å². The minimum Gasteiger partial charge on any atom is -0.478 e. The van der Waals surface area contributed by atoms with Crippen molar-refractivity contribution in [2.24, 2.45) is 0 Å². The Morgan fingerprint density at radius 3 is 2.33 bits per heavy atom. The van der Waals surface area contributed by atoms with Crippen LogP contribution in [0.15, 0.2) is 48.5 Å². The molecule has 0 saturated heterocycles. The lowest BCUT2D eigenvalue weighted by atomic mass is 10.1. The molecule has 0 bridgehead atoms. The van der Waals surface area contributed by atoms with Crippen LogP contribution in [0.2, 0.25) is 0 Å². The lowest BCUT2D eigenvalue weighted by Gasteiger charge is -2.15. The van der Waals surface area contributed by atoms with Gasteiger partial charge in [0, 0.05) is 26.2 Å². The maximum absolute atomic E-state index is 12.3. The molecule has 124 valence electrons. The van der Waals surface area contributed by atoms with Crippen molar-refractivity contribution in [2.45, 2.75) is 13.5 Å². The second kappa shape index (κ2) is 7.41. The SMILES string of the molecule is CC(=O)N(C)Cc1cccc(NC(=O)c2ccccc2C(=O)O)c1. The fourth-order valence-electron chi connectivity index (χ4n) is 2.20. The summed E-state index contributed by atoms with van der Waals surface area (Å²) in [4.78, 5) is 36.4. The number of nitrogens with one attached hydrogen (secondary N) is 1. The number of carbonyl (C=O) groups is 3. The Morgan fingerprint density at radius 2 is 1.71 bits per heavy atom. The van der Waals surface area contributed by atoms with Crippen molar-refractivity contribution < 1.29 is 19.5 Å². The number of carboxylic acids is 1. The quantitative estimate of drug-likeness (QED) is 0.884. The zero-order valence-corrected chi connectivity index (χ0v) is 13.4. The summed E-state index contributed by atoms with van der Waals surface area (Å²) in [6.45, 7) is 1.90.